The molecule has 0 bridgehead atoms. The third-order valence-corrected chi connectivity index (χ3v) is 2.41. The van der Waals surface area contributed by atoms with Crippen LogP contribution in [0.3, 0.4) is 0 Å². The quantitative estimate of drug-likeness (QED) is 0.757. The fourth-order valence-electron chi connectivity index (χ4n) is 1.59. The minimum absolute atomic E-state index is 0.992. The molecule has 0 unspecified atom stereocenters. The number of rotatable bonds is 2. The van der Waals surface area contributed by atoms with Crippen LogP contribution in [0.4, 0.5) is 5.69 Å². The Balaban J connectivity index is 2.53. The van der Waals surface area contributed by atoms with Crippen molar-refractivity contribution in [2.24, 2.45) is 0 Å². The van der Waals surface area contributed by atoms with Crippen molar-refractivity contribution in [3.05, 3.63) is 72.5 Å². The summed E-state index contributed by atoms with van der Waals surface area (Å²) in [6, 6.07) is 8.16. The third kappa shape index (κ3) is 1.77. The summed E-state index contributed by atoms with van der Waals surface area (Å²) in [5, 5.41) is 3.34. The molecular weight excluding hydrogens is 182 g/mol. The molecule has 2 rings (SSSR count). The van der Waals surface area contributed by atoms with Crippen molar-refractivity contribution in [2.45, 2.75) is 0 Å². The van der Waals surface area contributed by atoms with Crippen LogP contribution in [0.15, 0.2) is 66.9 Å². The predicted octanol–water partition coefficient (Wildman–Crippen LogP) is 3.75. The molecule has 0 saturated carbocycles. The number of hydrogen-bond acceptors (Lipinski definition) is 1. The summed E-state index contributed by atoms with van der Waals surface area (Å²) in [5.41, 5.74) is 4.32. The average molecular weight is 195 g/mol. The summed E-state index contributed by atoms with van der Waals surface area (Å²) in [6.45, 7) is 7.59. The smallest absolute Gasteiger partial charge is 0.0457 e. The van der Waals surface area contributed by atoms with Crippen LogP contribution in [0.2, 0.25) is 0 Å². The van der Waals surface area contributed by atoms with Gasteiger partial charge in [0.15, 0.2) is 0 Å². The van der Waals surface area contributed by atoms with Crippen LogP contribution in [0.1, 0.15) is 5.56 Å². The highest BCUT2D eigenvalue weighted by molar-refractivity contribution is 5.74. The van der Waals surface area contributed by atoms with Gasteiger partial charge in [-0.15, -0.1) is 0 Å². The van der Waals surface area contributed by atoms with Crippen molar-refractivity contribution < 1.29 is 0 Å². The van der Waals surface area contributed by atoms with E-state index < -0.39 is 0 Å². The van der Waals surface area contributed by atoms with Gasteiger partial charge in [-0.25, -0.2) is 0 Å². The van der Waals surface area contributed by atoms with Crippen molar-refractivity contribution in [1.29, 1.82) is 0 Å². The van der Waals surface area contributed by atoms with E-state index >= 15 is 0 Å². The van der Waals surface area contributed by atoms with E-state index in [0.717, 1.165) is 17.0 Å². The lowest BCUT2D eigenvalue weighted by atomic mass is 10.1. The second kappa shape index (κ2) is 4.01. The van der Waals surface area contributed by atoms with Gasteiger partial charge in [-0.1, -0.05) is 49.6 Å². The Bertz CT molecular complexity index is 464. The summed E-state index contributed by atoms with van der Waals surface area (Å²) in [6.07, 6.45) is 7.76. The van der Waals surface area contributed by atoms with E-state index in [0.29, 0.717) is 0 Å². The molecule has 0 saturated heterocycles. The number of allylic oxidation sites excluding steroid dienone is 4. The van der Waals surface area contributed by atoms with Crippen molar-refractivity contribution >= 4 is 11.8 Å². The van der Waals surface area contributed by atoms with Crippen molar-refractivity contribution in [3.8, 4) is 0 Å². The van der Waals surface area contributed by atoms with Crippen molar-refractivity contribution in [1.82, 2.24) is 0 Å². The first-order chi connectivity index (χ1) is 7.35. The van der Waals surface area contributed by atoms with Gasteiger partial charge in [0.1, 0.15) is 0 Å². The first-order valence-electron chi connectivity index (χ1n) is 4.88. The fraction of sp³-hybridized carbons (Fsp3) is 0. The molecule has 0 radical (unpaired) electrons. The second-order valence-corrected chi connectivity index (χ2v) is 3.32. The van der Waals surface area contributed by atoms with Crippen molar-refractivity contribution in [2.75, 3.05) is 5.32 Å². The maximum atomic E-state index is 3.80. The molecular formula is C14H13N. The van der Waals surface area contributed by atoms with Gasteiger partial charge in [0.25, 0.3) is 0 Å². The maximum Gasteiger partial charge on any atom is 0.0457 e. The van der Waals surface area contributed by atoms with Crippen LogP contribution < -0.4 is 5.32 Å². The topological polar surface area (TPSA) is 12.0 Å². The number of benzene rings is 1. The molecule has 0 aliphatic carbocycles. The number of nitrogens with one attached hydrogen (secondary N) is 1. The van der Waals surface area contributed by atoms with Gasteiger partial charge in [0, 0.05) is 11.4 Å². The molecule has 1 heteroatoms. The number of anilines is 1. The normalized spacial score (nSPS) is 13.9. The van der Waals surface area contributed by atoms with Gasteiger partial charge in [-0.2, -0.15) is 0 Å². The van der Waals surface area contributed by atoms with E-state index in [1.54, 1.807) is 0 Å². The highest BCUT2D eigenvalue weighted by Crippen LogP contribution is 2.24. The van der Waals surface area contributed by atoms with E-state index in [2.05, 4.69) is 36.7 Å². The zero-order chi connectivity index (χ0) is 10.7. The Morgan fingerprint density at radius 1 is 1.00 bits per heavy atom. The molecule has 0 fully saturated rings. The first-order valence-corrected chi connectivity index (χ1v) is 4.88. The SMILES string of the molecule is C=CC1=C(C=C)Nc2ccccc2C=C1. The zero-order valence-corrected chi connectivity index (χ0v) is 8.53. The molecule has 0 atom stereocenters. The van der Waals surface area contributed by atoms with Crippen molar-refractivity contribution in [3.63, 3.8) is 0 Å². The Kier molecular flexibility index (Phi) is 2.55. The van der Waals surface area contributed by atoms with Crippen LogP contribution in [-0.2, 0) is 0 Å². The Labute approximate surface area is 90.1 Å². The molecule has 1 aliphatic heterocycles. The lowest BCUT2D eigenvalue weighted by Gasteiger charge is -2.09. The molecule has 74 valence electrons. The Morgan fingerprint density at radius 2 is 1.80 bits per heavy atom. The summed E-state index contributed by atoms with van der Waals surface area (Å²) >= 11 is 0. The minimum atomic E-state index is 0.992. The maximum absolute atomic E-state index is 3.80. The summed E-state index contributed by atoms with van der Waals surface area (Å²) in [4.78, 5) is 0. The van der Waals surface area contributed by atoms with Gasteiger partial charge in [0.2, 0.25) is 0 Å². The fourth-order valence-corrected chi connectivity index (χ4v) is 1.59. The molecule has 0 aromatic heterocycles. The minimum Gasteiger partial charge on any atom is -0.355 e. The molecule has 15 heavy (non-hydrogen) atoms. The highest BCUT2D eigenvalue weighted by atomic mass is 14.9. The molecule has 1 aromatic rings. The zero-order valence-electron chi connectivity index (χ0n) is 8.53. The average Bonchev–Trinajstić information content (AvgIpc) is 2.47. The van der Waals surface area contributed by atoms with E-state index in [4.69, 9.17) is 0 Å². The third-order valence-electron chi connectivity index (χ3n) is 2.41. The number of para-hydroxylation sites is 1. The molecule has 1 aliphatic rings. The summed E-state index contributed by atoms with van der Waals surface area (Å²) in [5.74, 6) is 0. The number of hydrogen-bond donors (Lipinski definition) is 1. The lowest BCUT2D eigenvalue weighted by molar-refractivity contribution is 1.44. The molecule has 1 N–H and O–H groups in total. The molecule has 1 aromatic carbocycles. The largest absolute Gasteiger partial charge is 0.355 e. The van der Waals surface area contributed by atoms with Crippen LogP contribution in [0.25, 0.3) is 6.08 Å². The number of fused-ring (bicyclic) bond motifs is 1. The van der Waals surface area contributed by atoms with Gasteiger partial charge in [-0.05, 0) is 23.3 Å². The predicted molar refractivity (Wildman–Crippen MR) is 66.5 cm³/mol. The van der Waals surface area contributed by atoms with Crippen LogP contribution >= 0.6 is 0 Å². The van der Waals surface area contributed by atoms with E-state index in [1.165, 1.54) is 5.56 Å². The second-order valence-electron chi connectivity index (χ2n) is 3.32. The molecule has 1 heterocycles. The standard InChI is InChI=1S/C14H13N/c1-3-11-9-10-12-7-5-6-8-14(12)15-13(11)4-2/h3-10,15H,1-2H2. The van der Waals surface area contributed by atoms with Gasteiger partial charge >= 0.3 is 0 Å². The molecule has 1 nitrogen and oxygen atoms in total. The van der Waals surface area contributed by atoms with Gasteiger partial charge in [0.05, 0.1) is 0 Å². The summed E-state index contributed by atoms with van der Waals surface area (Å²) < 4.78 is 0. The van der Waals surface area contributed by atoms with Gasteiger partial charge < -0.3 is 5.32 Å². The summed E-state index contributed by atoms with van der Waals surface area (Å²) in [7, 11) is 0. The van der Waals surface area contributed by atoms with Gasteiger partial charge in [-0.3, -0.25) is 0 Å². The monoisotopic (exact) mass is 195 g/mol. The van der Waals surface area contributed by atoms with E-state index in [-0.39, 0.29) is 0 Å². The first kappa shape index (κ1) is 9.53. The Hall–Kier alpha value is -2.02. The molecule has 0 amide bonds. The van der Waals surface area contributed by atoms with Crippen LogP contribution in [0.5, 0.6) is 0 Å². The molecule has 0 spiro atoms. The Morgan fingerprint density at radius 3 is 2.53 bits per heavy atom. The van der Waals surface area contributed by atoms with E-state index in [9.17, 15) is 0 Å². The van der Waals surface area contributed by atoms with Crippen LogP contribution in [-0.4, -0.2) is 0 Å². The lowest BCUT2D eigenvalue weighted by Crippen LogP contribution is -1.98. The van der Waals surface area contributed by atoms with E-state index in [1.807, 2.05) is 30.4 Å². The van der Waals surface area contributed by atoms with Crippen LogP contribution in [0, 0.1) is 0 Å². The highest BCUT2D eigenvalue weighted by Gasteiger charge is 2.05.